The highest BCUT2D eigenvalue weighted by Crippen LogP contribution is 2.50. The molecule has 0 rings (SSSR count). The second-order valence-electron chi connectivity index (χ2n) is 8.15. The quantitative estimate of drug-likeness (QED) is 0.577. The molecule has 0 heterocycles. The van der Waals surface area contributed by atoms with Crippen LogP contribution in [0.3, 0.4) is 0 Å². The minimum Gasteiger partial charge on any atom is -0.0628 e. The Morgan fingerprint density at radius 3 is 1.40 bits per heavy atom. The topological polar surface area (TPSA) is 0 Å². The standard InChI is InChI=1S/C15H32/c1-12(2)10-15(9,14(6,7)8)11-13(3,4)5/h12H,10-11H2,1-9H3. The van der Waals surface area contributed by atoms with E-state index in [0.29, 0.717) is 16.2 Å². The highest BCUT2D eigenvalue weighted by atomic mass is 14.4. The summed E-state index contributed by atoms with van der Waals surface area (Å²) in [6.45, 7) is 21.4. The normalized spacial score (nSPS) is 18.0. The highest BCUT2D eigenvalue weighted by molar-refractivity contribution is 4.90. The Kier molecular flexibility index (Phi) is 4.47. The van der Waals surface area contributed by atoms with Crippen LogP contribution in [0, 0.1) is 22.2 Å². The number of rotatable bonds is 3. The average molecular weight is 212 g/mol. The zero-order valence-corrected chi connectivity index (χ0v) is 12.5. The Labute approximate surface area is 97.8 Å². The predicted molar refractivity (Wildman–Crippen MR) is 71.1 cm³/mol. The summed E-state index contributed by atoms with van der Waals surface area (Å²) < 4.78 is 0. The van der Waals surface area contributed by atoms with E-state index >= 15 is 0 Å². The molecule has 0 radical (unpaired) electrons. The van der Waals surface area contributed by atoms with Crippen LogP contribution in [0.1, 0.15) is 75.2 Å². The Hall–Kier alpha value is 0. The molecule has 0 aliphatic heterocycles. The Morgan fingerprint density at radius 2 is 1.20 bits per heavy atom. The first-order valence-electron chi connectivity index (χ1n) is 6.37. The molecule has 0 aliphatic carbocycles. The summed E-state index contributed by atoms with van der Waals surface area (Å²) in [4.78, 5) is 0. The van der Waals surface area contributed by atoms with E-state index in [0.717, 1.165) is 5.92 Å². The van der Waals surface area contributed by atoms with Crippen molar-refractivity contribution in [3.8, 4) is 0 Å². The third kappa shape index (κ3) is 5.04. The van der Waals surface area contributed by atoms with E-state index in [1.54, 1.807) is 0 Å². The van der Waals surface area contributed by atoms with Gasteiger partial charge in [-0.3, -0.25) is 0 Å². The molecule has 1 unspecified atom stereocenters. The lowest BCUT2D eigenvalue weighted by Crippen LogP contribution is -2.37. The molecule has 1 atom stereocenters. The van der Waals surface area contributed by atoms with Crippen molar-refractivity contribution in [2.24, 2.45) is 22.2 Å². The smallest absolute Gasteiger partial charge is 0.0270 e. The molecule has 0 nitrogen and oxygen atoms in total. The largest absolute Gasteiger partial charge is 0.0628 e. The van der Waals surface area contributed by atoms with Crippen LogP contribution in [0.25, 0.3) is 0 Å². The molecule has 15 heavy (non-hydrogen) atoms. The van der Waals surface area contributed by atoms with Crippen molar-refractivity contribution in [1.29, 1.82) is 0 Å². The van der Waals surface area contributed by atoms with Crippen molar-refractivity contribution in [1.82, 2.24) is 0 Å². The summed E-state index contributed by atoms with van der Waals surface area (Å²) in [5.41, 5.74) is 1.26. The van der Waals surface area contributed by atoms with Gasteiger partial charge < -0.3 is 0 Å². The van der Waals surface area contributed by atoms with Crippen molar-refractivity contribution in [3.05, 3.63) is 0 Å². The molecule has 0 aromatic heterocycles. The molecule has 0 spiro atoms. The summed E-state index contributed by atoms with van der Waals surface area (Å²) >= 11 is 0. The number of hydrogen-bond donors (Lipinski definition) is 0. The number of hydrogen-bond acceptors (Lipinski definition) is 0. The average Bonchev–Trinajstić information content (AvgIpc) is 1.75. The summed E-state index contributed by atoms with van der Waals surface area (Å²) in [7, 11) is 0. The van der Waals surface area contributed by atoms with Crippen molar-refractivity contribution in [3.63, 3.8) is 0 Å². The summed E-state index contributed by atoms with van der Waals surface area (Å²) in [5.74, 6) is 0.788. The second-order valence-corrected chi connectivity index (χ2v) is 8.15. The summed E-state index contributed by atoms with van der Waals surface area (Å²) in [6, 6.07) is 0. The molecule has 92 valence electrons. The SMILES string of the molecule is CC(C)CC(C)(CC(C)(C)C)C(C)(C)C. The maximum atomic E-state index is 2.47. The van der Waals surface area contributed by atoms with Crippen molar-refractivity contribution in [2.75, 3.05) is 0 Å². The van der Waals surface area contributed by atoms with Gasteiger partial charge in [-0.05, 0) is 35.0 Å². The first-order chi connectivity index (χ1) is 6.37. The van der Waals surface area contributed by atoms with Gasteiger partial charge in [0.1, 0.15) is 0 Å². The van der Waals surface area contributed by atoms with Gasteiger partial charge >= 0.3 is 0 Å². The molecular weight excluding hydrogens is 180 g/mol. The molecule has 0 fully saturated rings. The van der Waals surface area contributed by atoms with Gasteiger partial charge in [0.05, 0.1) is 0 Å². The predicted octanol–water partition coefficient (Wildman–Crippen LogP) is 5.52. The maximum absolute atomic E-state index is 2.47. The summed E-state index contributed by atoms with van der Waals surface area (Å²) in [6.07, 6.45) is 2.63. The van der Waals surface area contributed by atoms with Gasteiger partial charge in [0.2, 0.25) is 0 Å². The monoisotopic (exact) mass is 212 g/mol. The second kappa shape index (κ2) is 4.47. The van der Waals surface area contributed by atoms with Gasteiger partial charge in [0.25, 0.3) is 0 Å². The highest BCUT2D eigenvalue weighted by Gasteiger charge is 2.40. The van der Waals surface area contributed by atoms with E-state index in [2.05, 4.69) is 62.3 Å². The van der Waals surface area contributed by atoms with Crippen LogP contribution in [0.15, 0.2) is 0 Å². The van der Waals surface area contributed by atoms with E-state index in [4.69, 9.17) is 0 Å². The van der Waals surface area contributed by atoms with Gasteiger partial charge in [-0.2, -0.15) is 0 Å². The molecule has 0 heteroatoms. The first kappa shape index (κ1) is 15.0. The molecule has 0 saturated carbocycles. The maximum Gasteiger partial charge on any atom is -0.0270 e. The van der Waals surface area contributed by atoms with Crippen molar-refractivity contribution >= 4 is 0 Å². The molecule has 0 amide bonds. The van der Waals surface area contributed by atoms with Crippen LogP contribution in [0.4, 0.5) is 0 Å². The zero-order chi connectivity index (χ0) is 12.5. The van der Waals surface area contributed by atoms with E-state index in [-0.39, 0.29) is 0 Å². The first-order valence-corrected chi connectivity index (χ1v) is 6.37. The Morgan fingerprint density at radius 1 is 0.800 bits per heavy atom. The lowest BCUT2D eigenvalue weighted by Gasteiger charge is -2.47. The molecule has 0 aromatic carbocycles. The van der Waals surface area contributed by atoms with Crippen LogP contribution in [0.2, 0.25) is 0 Å². The fourth-order valence-corrected chi connectivity index (χ4v) is 2.72. The summed E-state index contributed by atoms with van der Waals surface area (Å²) in [5, 5.41) is 0. The van der Waals surface area contributed by atoms with Crippen LogP contribution in [-0.4, -0.2) is 0 Å². The van der Waals surface area contributed by atoms with Gasteiger partial charge in [0.15, 0.2) is 0 Å². The minimum absolute atomic E-state index is 0.393. The van der Waals surface area contributed by atoms with Gasteiger partial charge in [-0.15, -0.1) is 0 Å². The Balaban J connectivity index is 4.88. The van der Waals surface area contributed by atoms with Crippen molar-refractivity contribution in [2.45, 2.75) is 75.2 Å². The molecule has 0 bridgehead atoms. The fourth-order valence-electron chi connectivity index (χ4n) is 2.72. The van der Waals surface area contributed by atoms with Gasteiger partial charge in [-0.25, -0.2) is 0 Å². The third-order valence-electron chi connectivity index (χ3n) is 3.59. The van der Waals surface area contributed by atoms with Gasteiger partial charge in [0, 0.05) is 0 Å². The lowest BCUT2D eigenvalue weighted by molar-refractivity contribution is 0.0326. The fraction of sp³-hybridized carbons (Fsp3) is 1.00. The van der Waals surface area contributed by atoms with Gasteiger partial charge in [-0.1, -0.05) is 62.3 Å². The van der Waals surface area contributed by atoms with Crippen LogP contribution >= 0.6 is 0 Å². The van der Waals surface area contributed by atoms with Crippen LogP contribution in [0.5, 0.6) is 0 Å². The Bertz CT molecular complexity index is 187. The lowest BCUT2D eigenvalue weighted by atomic mass is 9.58. The van der Waals surface area contributed by atoms with E-state index in [1.165, 1.54) is 12.8 Å². The molecule has 0 aromatic rings. The zero-order valence-electron chi connectivity index (χ0n) is 12.5. The van der Waals surface area contributed by atoms with Crippen LogP contribution in [-0.2, 0) is 0 Å². The van der Waals surface area contributed by atoms with Crippen molar-refractivity contribution < 1.29 is 0 Å². The van der Waals surface area contributed by atoms with Crippen LogP contribution < -0.4 is 0 Å². The third-order valence-corrected chi connectivity index (χ3v) is 3.59. The van der Waals surface area contributed by atoms with E-state index in [9.17, 15) is 0 Å². The molecule has 0 saturated heterocycles. The van der Waals surface area contributed by atoms with E-state index in [1.807, 2.05) is 0 Å². The molecule has 0 aliphatic rings. The molecular formula is C15H32. The van der Waals surface area contributed by atoms with E-state index < -0.39 is 0 Å². The minimum atomic E-state index is 0.393. The molecule has 0 N–H and O–H groups in total.